The lowest BCUT2D eigenvalue weighted by Gasteiger charge is -2.57. The SMILES string of the molecule is COCCn1cnc2c(N3C4CC3CN(c3cc(C)nc(C)n3)C4)ncnc21. The monoisotopic (exact) mass is 380 g/mol. The van der Waals surface area contributed by atoms with E-state index < -0.39 is 0 Å². The minimum Gasteiger partial charge on any atom is -0.383 e. The summed E-state index contributed by atoms with van der Waals surface area (Å²) < 4.78 is 7.21. The van der Waals surface area contributed by atoms with Gasteiger partial charge in [-0.2, -0.15) is 0 Å². The minimum absolute atomic E-state index is 0.413. The molecule has 6 rings (SSSR count). The Morgan fingerprint density at radius 1 is 1.11 bits per heavy atom. The van der Waals surface area contributed by atoms with Crippen molar-refractivity contribution in [3.63, 3.8) is 0 Å². The third-order valence-electron chi connectivity index (χ3n) is 5.63. The van der Waals surface area contributed by atoms with Crippen LogP contribution in [0.4, 0.5) is 11.6 Å². The maximum absolute atomic E-state index is 5.19. The fraction of sp³-hybridized carbons (Fsp3) is 0.526. The predicted molar refractivity (Wildman–Crippen MR) is 106 cm³/mol. The summed E-state index contributed by atoms with van der Waals surface area (Å²) in [5.74, 6) is 2.79. The Labute approximate surface area is 163 Å². The van der Waals surface area contributed by atoms with E-state index in [0.29, 0.717) is 18.7 Å². The molecular weight excluding hydrogens is 356 g/mol. The summed E-state index contributed by atoms with van der Waals surface area (Å²) in [4.78, 5) is 27.5. The molecule has 3 fully saturated rings. The number of aromatic nitrogens is 6. The van der Waals surface area contributed by atoms with E-state index in [2.05, 4.69) is 40.8 Å². The zero-order valence-corrected chi connectivity index (χ0v) is 16.4. The summed E-state index contributed by atoms with van der Waals surface area (Å²) >= 11 is 0. The van der Waals surface area contributed by atoms with Crippen molar-refractivity contribution in [3.8, 4) is 0 Å². The number of methoxy groups -OCH3 is 1. The molecule has 0 radical (unpaired) electrons. The third-order valence-corrected chi connectivity index (χ3v) is 5.63. The highest BCUT2D eigenvalue weighted by Gasteiger charge is 2.46. The molecule has 9 nitrogen and oxygen atoms in total. The maximum atomic E-state index is 5.19. The molecule has 0 aliphatic carbocycles. The Bertz CT molecular complexity index is 986. The zero-order valence-electron chi connectivity index (χ0n) is 16.4. The summed E-state index contributed by atoms with van der Waals surface area (Å²) in [6.07, 6.45) is 4.65. The molecule has 3 aromatic rings. The van der Waals surface area contributed by atoms with Crippen LogP contribution in [0.1, 0.15) is 17.9 Å². The molecule has 0 aromatic carbocycles. The number of ether oxygens (including phenoxy) is 1. The van der Waals surface area contributed by atoms with Gasteiger partial charge < -0.3 is 19.1 Å². The van der Waals surface area contributed by atoms with E-state index >= 15 is 0 Å². The number of imidazole rings is 1. The summed E-state index contributed by atoms with van der Waals surface area (Å²) in [6.45, 7) is 7.20. The van der Waals surface area contributed by atoms with Crippen molar-refractivity contribution in [1.82, 2.24) is 29.5 Å². The summed E-state index contributed by atoms with van der Waals surface area (Å²) in [7, 11) is 1.70. The lowest BCUT2D eigenvalue weighted by atomic mass is 9.87. The molecule has 0 N–H and O–H groups in total. The zero-order chi connectivity index (χ0) is 19.3. The molecule has 2 atom stereocenters. The van der Waals surface area contributed by atoms with E-state index in [0.717, 1.165) is 54.0 Å². The van der Waals surface area contributed by atoms with Crippen LogP contribution in [0.2, 0.25) is 0 Å². The van der Waals surface area contributed by atoms with E-state index in [4.69, 9.17) is 4.74 Å². The minimum atomic E-state index is 0.413. The molecule has 146 valence electrons. The van der Waals surface area contributed by atoms with E-state index in [1.807, 2.05) is 24.7 Å². The highest BCUT2D eigenvalue weighted by atomic mass is 16.5. The van der Waals surface area contributed by atoms with Crippen LogP contribution >= 0.6 is 0 Å². The van der Waals surface area contributed by atoms with Gasteiger partial charge in [-0.05, 0) is 20.3 Å². The fourth-order valence-electron chi connectivity index (χ4n) is 4.41. The number of anilines is 2. The number of aryl methyl sites for hydroxylation is 2. The topological polar surface area (TPSA) is 85.1 Å². The molecule has 28 heavy (non-hydrogen) atoms. The Morgan fingerprint density at radius 2 is 1.93 bits per heavy atom. The van der Waals surface area contributed by atoms with Gasteiger partial charge in [0, 0.05) is 38.5 Å². The van der Waals surface area contributed by atoms with Gasteiger partial charge >= 0.3 is 0 Å². The second kappa shape index (κ2) is 6.66. The average molecular weight is 380 g/mol. The highest BCUT2D eigenvalue weighted by molar-refractivity contribution is 5.84. The van der Waals surface area contributed by atoms with E-state index in [9.17, 15) is 0 Å². The molecule has 6 heterocycles. The van der Waals surface area contributed by atoms with Gasteiger partial charge in [-0.1, -0.05) is 0 Å². The van der Waals surface area contributed by atoms with Gasteiger partial charge in [0.15, 0.2) is 17.0 Å². The first-order valence-corrected chi connectivity index (χ1v) is 9.64. The number of rotatable bonds is 5. The Hall–Kier alpha value is -2.81. The molecule has 3 saturated heterocycles. The number of hydrogen-bond acceptors (Lipinski definition) is 8. The van der Waals surface area contributed by atoms with Gasteiger partial charge in [-0.25, -0.2) is 24.9 Å². The van der Waals surface area contributed by atoms with Crippen molar-refractivity contribution >= 4 is 22.8 Å². The second-order valence-electron chi connectivity index (χ2n) is 7.57. The van der Waals surface area contributed by atoms with Crippen LogP contribution in [0.25, 0.3) is 11.2 Å². The first-order chi connectivity index (χ1) is 13.6. The van der Waals surface area contributed by atoms with Gasteiger partial charge in [0.1, 0.15) is 18.0 Å². The molecule has 3 aliphatic rings. The molecule has 0 spiro atoms. The first-order valence-electron chi connectivity index (χ1n) is 9.64. The lowest BCUT2D eigenvalue weighted by Crippen LogP contribution is -2.69. The van der Waals surface area contributed by atoms with Crippen LogP contribution < -0.4 is 9.80 Å². The van der Waals surface area contributed by atoms with Gasteiger partial charge in [-0.3, -0.25) is 0 Å². The third kappa shape index (κ3) is 2.77. The molecule has 2 bridgehead atoms. The van der Waals surface area contributed by atoms with Crippen molar-refractivity contribution in [1.29, 1.82) is 0 Å². The van der Waals surface area contributed by atoms with Crippen LogP contribution in [-0.2, 0) is 11.3 Å². The quantitative estimate of drug-likeness (QED) is 0.656. The Balaban J connectivity index is 1.40. The van der Waals surface area contributed by atoms with Crippen molar-refractivity contribution in [2.45, 2.75) is 38.9 Å². The number of hydrogen-bond donors (Lipinski definition) is 0. The standard InChI is InChI=1S/C19H24N8O/c1-12-6-16(24-13(2)23-12)26-8-14-7-15(9-26)27(14)19-17-18(20-10-21-19)25(11-22-17)4-5-28-3/h6,10-11,14-15H,4-5,7-9H2,1-3H3. The molecule has 0 amide bonds. The van der Waals surface area contributed by atoms with Crippen molar-refractivity contribution in [2.75, 3.05) is 36.6 Å². The van der Waals surface area contributed by atoms with E-state index in [1.165, 1.54) is 6.42 Å². The van der Waals surface area contributed by atoms with Crippen molar-refractivity contribution in [3.05, 3.63) is 30.2 Å². The van der Waals surface area contributed by atoms with Crippen molar-refractivity contribution in [2.24, 2.45) is 0 Å². The summed E-state index contributed by atoms with van der Waals surface area (Å²) in [5.41, 5.74) is 2.75. The summed E-state index contributed by atoms with van der Waals surface area (Å²) in [5, 5.41) is 0. The van der Waals surface area contributed by atoms with Crippen LogP contribution in [0.15, 0.2) is 18.7 Å². The number of piperazine rings is 1. The van der Waals surface area contributed by atoms with Crippen LogP contribution in [0.5, 0.6) is 0 Å². The predicted octanol–water partition coefficient (Wildman–Crippen LogP) is 1.35. The molecular formula is C19H24N8O. The molecule has 3 aliphatic heterocycles. The van der Waals surface area contributed by atoms with Gasteiger partial charge in [0.2, 0.25) is 0 Å². The van der Waals surface area contributed by atoms with Crippen LogP contribution in [0, 0.1) is 13.8 Å². The molecule has 3 aromatic heterocycles. The Morgan fingerprint density at radius 3 is 2.68 bits per heavy atom. The van der Waals surface area contributed by atoms with Crippen LogP contribution in [-0.4, -0.2) is 68.4 Å². The largest absolute Gasteiger partial charge is 0.383 e. The van der Waals surface area contributed by atoms with Gasteiger partial charge in [0.05, 0.1) is 25.0 Å². The molecule has 2 unspecified atom stereocenters. The number of fused-ring (bicyclic) bond motifs is 3. The average Bonchev–Trinajstić information content (AvgIpc) is 3.10. The lowest BCUT2D eigenvalue weighted by molar-refractivity contribution is 0.188. The summed E-state index contributed by atoms with van der Waals surface area (Å²) in [6, 6.07) is 2.90. The Kier molecular flexibility index (Phi) is 4.12. The molecule has 0 saturated carbocycles. The molecule has 9 heteroatoms. The van der Waals surface area contributed by atoms with E-state index in [1.54, 1.807) is 13.4 Å². The van der Waals surface area contributed by atoms with Crippen molar-refractivity contribution < 1.29 is 4.74 Å². The van der Waals surface area contributed by atoms with E-state index in [-0.39, 0.29) is 0 Å². The number of nitrogens with zero attached hydrogens (tertiary/aromatic N) is 8. The van der Waals surface area contributed by atoms with Gasteiger partial charge in [0.25, 0.3) is 0 Å². The fourth-order valence-corrected chi connectivity index (χ4v) is 4.41. The number of piperidine rings is 1. The van der Waals surface area contributed by atoms with Gasteiger partial charge in [-0.15, -0.1) is 0 Å². The second-order valence-corrected chi connectivity index (χ2v) is 7.57. The smallest absolute Gasteiger partial charge is 0.165 e. The first kappa shape index (κ1) is 17.3. The highest BCUT2D eigenvalue weighted by Crippen LogP contribution is 2.39. The maximum Gasteiger partial charge on any atom is 0.165 e. The van der Waals surface area contributed by atoms with Crippen LogP contribution in [0.3, 0.4) is 0 Å². The normalized spacial score (nSPS) is 21.2.